The second-order valence-electron chi connectivity index (χ2n) is 4.61. The Morgan fingerprint density at radius 2 is 2.35 bits per heavy atom. The maximum atomic E-state index is 10.2. The number of rotatable bonds is 6. The molecule has 0 saturated carbocycles. The van der Waals surface area contributed by atoms with Crippen molar-refractivity contribution in [3.8, 4) is 0 Å². The molecule has 0 N–H and O–H groups in total. The molecule has 1 unspecified atom stereocenters. The van der Waals surface area contributed by atoms with Gasteiger partial charge in [0.2, 0.25) is 0 Å². The molecule has 7 heteroatoms. The van der Waals surface area contributed by atoms with Crippen LogP contribution in [0.1, 0.15) is 17.9 Å². The summed E-state index contributed by atoms with van der Waals surface area (Å²) < 4.78 is 12.2. The molecule has 0 bridgehead atoms. The van der Waals surface area contributed by atoms with Crippen molar-refractivity contribution in [1.29, 1.82) is 0 Å². The quantitative estimate of drug-likeness (QED) is 0.598. The lowest BCUT2D eigenvalue weighted by Crippen LogP contribution is -2.31. The van der Waals surface area contributed by atoms with Gasteiger partial charge in [-0.05, 0) is 18.6 Å². The van der Waals surface area contributed by atoms with Crippen LogP contribution in [-0.4, -0.2) is 33.7 Å². The van der Waals surface area contributed by atoms with Crippen molar-refractivity contribution in [3.05, 3.63) is 23.7 Å². The fourth-order valence-corrected chi connectivity index (χ4v) is 2.42. The van der Waals surface area contributed by atoms with Crippen LogP contribution in [0, 0.1) is 0 Å². The van der Waals surface area contributed by atoms with Crippen LogP contribution in [0.4, 0.5) is 0 Å². The van der Waals surface area contributed by atoms with Crippen molar-refractivity contribution < 1.29 is 14.3 Å². The first kappa shape index (κ1) is 13.3. The molecule has 0 amide bonds. The maximum absolute atomic E-state index is 10.2. The first-order valence-corrected chi connectivity index (χ1v) is 6.93. The number of carbonyl (C=O) groups excluding carboxylic acids is 1. The van der Waals surface area contributed by atoms with Crippen LogP contribution in [0.2, 0.25) is 0 Å². The van der Waals surface area contributed by atoms with E-state index in [2.05, 4.69) is 9.97 Å². The van der Waals surface area contributed by atoms with Gasteiger partial charge in [-0.2, -0.15) is 0 Å². The van der Waals surface area contributed by atoms with E-state index in [9.17, 15) is 4.79 Å². The third-order valence-corrected chi connectivity index (χ3v) is 3.57. The van der Waals surface area contributed by atoms with Gasteiger partial charge in [-0.3, -0.25) is 4.79 Å². The fraction of sp³-hybridized carbons (Fsp3) is 0.462. The standard InChI is InChI=1S/C13H14ClN3O3/c14-5-12-16-11-2-1-9(7-19-8-18)15-13(11)17(12)6-10-3-4-20-10/h1-2,8,10H,3-7H2. The lowest BCUT2D eigenvalue weighted by Gasteiger charge is -2.27. The Hall–Kier alpha value is -1.66. The van der Waals surface area contributed by atoms with Gasteiger partial charge in [-0.15, -0.1) is 11.6 Å². The van der Waals surface area contributed by atoms with Gasteiger partial charge >= 0.3 is 0 Å². The summed E-state index contributed by atoms with van der Waals surface area (Å²) in [6.45, 7) is 2.07. The molecule has 1 atom stereocenters. The molecule has 3 rings (SSSR count). The zero-order chi connectivity index (χ0) is 13.9. The van der Waals surface area contributed by atoms with Gasteiger partial charge in [0, 0.05) is 6.61 Å². The minimum absolute atomic E-state index is 0.154. The summed E-state index contributed by atoms with van der Waals surface area (Å²) in [6, 6.07) is 3.65. The summed E-state index contributed by atoms with van der Waals surface area (Å²) in [7, 11) is 0. The fourth-order valence-electron chi connectivity index (χ4n) is 2.21. The van der Waals surface area contributed by atoms with Gasteiger partial charge in [0.05, 0.1) is 24.2 Å². The van der Waals surface area contributed by atoms with Gasteiger partial charge in [0.1, 0.15) is 17.9 Å². The lowest BCUT2D eigenvalue weighted by molar-refractivity contribution is -0.129. The van der Waals surface area contributed by atoms with Crippen molar-refractivity contribution in [2.24, 2.45) is 0 Å². The van der Waals surface area contributed by atoms with Crippen molar-refractivity contribution in [1.82, 2.24) is 14.5 Å². The number of pyridine rings is 1. The van der Waals surface area contributed by atoms with Crippen LogP contribution in [0.5, 0.6) is 0 Å². The number of hydrogen-bond acceptors (Lipinski definition) is 5. The number of aromatic nitrogens is 3. The van der Waals surface area contributed by atoms with E-state index < -0.39 is 0 Å². The molecule has 1 saturated heterocycles. The predicted octanol–water partition coefficient (Wildman–Crippen LogP) is 1.63. The van der Waals surface area contributed by atoms with E-state index in [1.54, 1.807) is 6.07 Å². The van der Waals surface area contributed by atoms with Crippen molar-refractivity contribution >= 4 is 29.2 Å². The zero-order valence-electron chi connectivity index (χ0n) is 10.8. The number of fused-ring (bicyclic) bond motifs is 1. The Morgan fingerprint density at radius 1 is 1.50 bits per heavy atom. The van der Waals surface area contributed by atoms with E-state index in [0.29, 0.717) is 24.6 Å². The van der Waals surface area contributed by atoms with E-state index >= 15 is 0 Å². The monoisotopic (exact) mass is 295 g/mol. The SMILES string of the molecule is O=COCc1ccc2nc(CCl)n(CC3CCO3)c2n1. The Kier molecular flexibility index (Phi) is 3.84. The number of carbonyl (C=O) groups is 1. The average molecular weight is 296 g/mol. The lowest BCUT2D eigenvalue weighted by atomic mass is 10.2. The van der Waals surface area contributed by atoms with Crippen LogP contribution < -0.4 is 0 Å². The van der Waals surface area contributed by atoms with Gasteiger partial charge in [0.25, 0.3) is 6.47 Å². The summed E-state index contributed by atoms with van der Waals surface area (Å²) in [4.78, 5) is 19.2. The molecule has 2 aromatic rings. The third kappa shape index (κ3) is 2.48. The molecule has 106 valence electrons. The summed E-state index contributed by atoms with van der Waals surface area (Å²) in [6.07, 6.45) is 1.24. The number of ether oxygens (including phenoxy) is 2. The van der Waals surface area contributed by atoms with E-state index in [4.69, 9.17) is 21.1 Å². The molecule has 0 aliphatic carbocycles. The highest BCUT2D eigenvalue weighted by Gasteiger charge is 2.22. The Bertz CT molecular complexity index is 625. The molecule has 0 radical (unpaired) electrons. The molecule has 3 heterocycles. The minimum atomic E-state index is 0.154. The second kappa shape index (κ2) is 5.76. The molecular formula is C13H14ClN3O3. The van der Waals surface area contributed by atoms with Crippen molar-refractivity contribution in [3.63, 3.8) is 0 Å². The van der Waals surface area contributed by atoms with Crippen LogP contribution >= 0.6 is 11.6 Å². The zero-order valence-corrected chi connectivity index (χ0v) is 11.5. The third-order valence-electron chi connectivity index (χ3n) is 3.33. The number of imidazole rings is 1. The Morgan fingerprint density at radius 3 is 3.00 bits per heavy atom. The van der Waals surface area contributed by atoms with Crippen molar-refractivity contribution in [2.45, 2.75) is 31.6 Å². The Balaban J connectivity index is 1.96. The van der Waals surface area contributed by atoms with Gasteiger partial charge < -0.3 is 14.0 Å². The minimum Gasteiger partial charge on any atom is -0.461 e. The molecule has 6 nitrogen and oxygen atoms in total. The van der Waals surface area contributed by atoms with E-state index in [0.717, 1.165) is 30.0 Å². The van der Waals surface area contributed by atoms with Gasteiger partial charge in [0.15, 0.2) is 5.65 Å². The highest BCUT2D eigenvalue weighted by Crippen LogP contribution is 2.21. The van der Waals surface area contributed by atoms with E-state index in [-0.39, 0.29) is 12.7 Å². The Labute approximate surface area is 120 Å². The molecule has 0 spiro atoms. The first-order valence-electron chi connectivity index (χ1n) is 6.39. The molecule has 1 aliphatic heterocycles. The second-order valence-corrected chi connectivity index (χ2v) is 4.87. The number of hydrogen-bond donors (Lipinski definition) is 0. The predicted molar refractivity (Wildman–Crippen MR) is 72.3 cm³/mol. The molecule has 1 aliphatic rings. The summed E-state index contributed by atoms with van der Waals surface area (Å²) in [5.41, 5.74) is 2.22. The average Bonchev–Trinajstić information content (AvgIpc) is 2.77. The number of halogens is 1. The summed E-state index contributed by atoms with van der Waals surface area (Å²) >= 11 is 5.95. The van der Waals surface area contributed by atoms with Crippen LogP contribution in [0.25, 0.3) is 11.2 Å². The van der Waals surface area contributed by atoms with E-state index in [1.165, 1.54) is 0 Å². The molecule has 1 fully saturated rings. The highest BCUT2D eigenvalue weighted by atomic mass is 35.5. The van der Waals surface area contributed by atoms with Crippen molar-refractivity contribution in [2.75, 3.05) is 6.61 Å². The van der Waals surface area contributed by atoms with E-state index in [1.807, 2.05) is 10.6 Å². The first-order chi connectivity index (χ1) is 9.81. The molecule has 2 aromatic heterocycles. The van der Waals surface area contributed by atoms with Crippen LogP contribution in [0.15, 0.2) is 12.1 Å². The largest absolute Gasteiger partial charge is 0.461 e. The number of nitrogens with zero attached hydrogens (tertiary/aromatic N) is 3. The summed E-state index contributed by atoms with van der Waals surface area (Å²) in [5, 5.41) is 0. The van der Waals surface area contributed by atoms with Gasteiger partial charge in [-0.1, -0.05) is 0 Å². The normalized spacial score (nSPS) is 17.9. The van der Waals surface area contributed by atoms with Gasteiger partial charge in [-0.25, -0.2) is 9.97 Å². The number of alkyl halides is 1. The molecular weight excluding hydrogens is 282 g/mol. The molecule has 0 aromatic carbocycles. The molecule has 20 heavy (non-hydrogen) atoms. The summed E-state index contributed by atoms with van der Waals surface area (Å²) in [5.74, 6) is 1.10. The van der Waals surface area contributed by atoms with Crippen LogP contribution in [0.3, 0.4) is 0 Å². The maximum Gasteiger partial charge on any atom is 0.293 e. The smallest absolute Gasteiger partial charge is 0.293 e. The topological polar surface area (TPSA) is 66.2 Å². The van der Waals surface area contributed by atoms with Crippen LogP contribution in [-0.2, 0) is 33.3 Å². The highest BCUT2D eigenvalue weighted by molar-refractivity contribution is 6.16.